The molecule has 1 aromatic heterocycles. The van der Waals surface area contributed by atoms with Crippen molar-refractivity contribution in [3.63, 3.8) is 0 Å². The van der Waals surface area contributed by atoms with Crippen molar-refractivity contribution < 1.29 is 18.7 Å². The number of amides is 1. The van der Waals surface area contributed by atoms with E-state index in [0.29, 0.717) is 5.82 Å². The van der Waals surface area contributed by atoms with Gasteiger partial charge < -0.3 is 15.7 Å². The largest absolute Gasteiger partial charge is 0.493 e. The van der Waals surface area contributed by atoms with Crippen molar-refractivity contribution in [3.8, 4) is 5.88 Å². The highest BCUT2D eigenvalue weighted by molar-refractivity contribution is 6.06. The third-order valence-electron chi connectivity index (χ3n) is 3.28. The molecule has 6 nitrogen and oxygen atoms in total. The highest BCUT2D eigenvalue weighted by Gasteiger charge is 2.23. The molecule has 1 aliphatic carbocycles. The van der Waals surface area contributed by atoms with Crippen LogP contribution in [-0.2, 0) is 0 Å². The van der Waals surface area contributed by atoms with E-state index >= 15 is 0 Å². The summed E-state index contributed by atoms with van der Waals surface area (Å²) in [6.07, 6.45) is 1.88. The van der Waals surface area contributed by atoms with E-state index in [1.807, 2.05) is 0 Å². The number of carbonyl (C=O) groups excluding carboxylic acids is 1. The van der Waals surface area contributed by atoms with Gasteiger partial charge in [-0.05, 0) is 37.1 Å². The molecule has 8 heteroatoms. The fourth-order valence-corrected chi connectivity index (χ4v) is 1.93. The number of aliphatic imine (C=N–C) groups is 1. The second-order valence-corrected chi connectivity index (χ2v) is 5.32. The van der Waals surface area contributed by atoms with E-state index in [0.717, 1.165) is 31.0 Å². The second-order valence-electron chi connectivity index (χ2n) is 5.32. The maximum Gasteiger partial charge on any atom is 0.280 e. The highest BCUT2D eigenvalue weighted by atomic mass is 19.2. The summed E-state index contributed by atoms with van der Waals surface area (Å²) in [5.74, 6) is -2.64. The Morgan fingerprint density at radius 2 is 2.00 bits per heavy atom. The van der Waals surface area contributed by atoms with Gasteiger partial charge in [-0.2, -0.15) is 9.98 Å². The minimum atomic E-state index is -1.12. The number of carbonyl (C=O) groups is 1. The van der Waals surface area contributed by atoms with Crippen LogP contribution >= 0.6 is 0 Å². The normalized spacial score (nSPS) is 14.3. The van der Waals surface area contributed by atoms with Crippen molar-refractivity contribution in [2.75, 3.05) is 5.32 Å². The van der Waals surface area contributed by atoms with Crippen LogP contribution in [0.5, 0.6) is 5.88 Å². The summed E-state index contributed by atoms with van der Waals surface area (Å²) >= 11 is 0. The van der Waals surface area contributed by atoms with Crippen molar-refractivity contribution in [2.45, 2.75) is 18.9 Å². The summed E-state index contributed by atoms with van der Waals surface area (Å²) < 4.78 is 26.2. The lowest BCUT2D eigenvalue weighted by molar-refractivity contribution is 0.100. The number of benzene rings is 1. The van der Waals surface area contributed by atoms with Gasteiger partial charge in [0.15, 0.2) is 11.6 Å². The molecule has 24 heavy (non-hydrogen) atoms. The Labute approximate surface area is 136 Å². The van der Waals surface area contributed by atoms with E-state index in [4.69, 9.17) is 0 Å². The van der Waals surface area contributed by atoms with Gasteiger partial charge in [-0.3, -0.25) is 4.79 Å². The maximum atomic E-state index is 13.2. The first-order valence-corrected chi connectivity index (χ1v) is 7.29. The molecule has 0 atom stereocenters. The number of rotatable bonds is 3. The molecule has 0 spiro atoms. The summed E-state index contributed by atoms with van der Waals surface area (Å²) in [6, 6.07) is 7.58. The van der Waals surface area contributed by atoms with E-state index < -0.39 is 17.5 Å². The number of halogens is 2. The zero-order valence-electron chi connectivity index (χ0n) is 12.5. The van der Waals surface area contributed by atoms with Crippen LogP contribution in [0.1, 0.15) is 23.2 Å². The number of hydrogen-bond acceptors (Lipinski definition) is 3. The minimum Gasteiger partial charge on any atom is -0.493 e. The van der Waals surface area contributed by atoms with Gasteiger partial charge in [-0.15, -0.1) is 0 Å². The standard InChI is InChI=1S/C16H14F2N4O2/c17-11-7-4-9(8-12(11)18)15(24)22-16(19-10-5-6-10)21-13-2-1-3-14(23)20-13/h1-4,7-8,10H,5-6H2,(H3,19,20,21,22,23,24). The zero-order chi connectivity index (χ0) is 17.1. The molecular formula is C16H14F2N4O2. The first-order valence-electron chi connectivity index (χ1n) is 7.29. The molecule has 1 saturated carbocycles. The van der Waals surface area contributed by atoms with Gasteiger partial charge in [0, 0.05) is 17.7 Å². The Hall–Kier alpha value is -3.03. The topological polar surface area (TPSA) is 86.6 Å². The van der Waals surface area contributed by atoms with E-state index in [9.17, 15) is 18.7 Å². The van der Waals surface area contributed by atoms with E-state index in [1.54, 1.807) is 12.1 Å². The van der Waals surface area contributed by atoms with Gasteiger partial charge in [0.1, 0.15) is 5.82 Å². The molecule has 0 radical (unpaired) electrons. The Morgan fingerprint density at radius 3 is 2.67 bits per heavy atom. The molecule has 3 rings (SSSR count). The third kappa shape index (κ3) is 4.03. The Kier molecular flexibility index (Phi) is 4.37. The van der Waals surface area contributed by atoms with Crippen LogP contribution in [0.4, 0.5) is 14.6 Å². The average molecular weight is 332 g/mol. The van der Waals surface area contributed by atoms with Gasteiger partial charge in [0.25, 0.3) is 5.91 Å². The van der Waals surface area contributed by atoms with Crippen molar-refractivity contribution in [2.24, 2.45) is 4.99 Å². The zero-order valence-corrected chi connectivity index (χ0v) is 12.5. The molecule has 0 bridgehead atoms. The Balaban J connectivity index is 1.82. The number of aromatic hydroxyl groups is 1. The monoisotopic (exact) mass is 332 g/mol. The molecule has 1 aliphatic rings. The fourth-order valence-electron chi connectivity index (χ4n) is 1.93. The quantitative estimate of drug-likeness (QED) is 0.594. The van der Waals surface area contributed by atoms with Crippen molar-refractivity contribution >= 4 is 17.7 Å². The molecule has 0 aliphatic heterocycles. The highest BCUT2D eigenvalue weighted by Crippen LogP contribution is 2.19. The van der Waals surface area contributed by atoms with Crippen LogP contribution < -0.4 is 10.6 Å². The summed E-state index contributed by atoms with van der Waals surface area (Å²) in [5, 5.41) is 15.2. The van der Waals surface area contributed by atoms with Crippen molar-refractivity contribution in [1.82, 2.24) is 10.3 Å². The third-order valence-corrected chi connectivity index (χ3v) is 3.28. The molecular weight excluding hydrogens is 318 g/mol. The van der Waals surface area contributed by atoms with Crippen LogP contribution in [0.25, 0.3) is 0 Å². The van der Waals surface area contributed by atoms with E-state index in [1.165, 1.54) is 6.07 Å². The Morgan fingerprint density at radius 1 is 1.21 bits per heavy atom. The number of pyridine rings is 1. The average Bonchev–Trinajstić information content (AvgIpc) is 3.34. The molecule has 1 heterocycles. The molecule has 3 N–H and O–H groups in total. The second kappa shape index (κ2) is 6.61. The van der Waals surface area contributed by atoms with Crippen LogP contribution in [0.2, 0.25) is 0 Å². The summed E-state index contributed by atoms with van der Waals surface area (Å²) in [7, 11) is 0. The Bertz CT molecular complexity index is 806. The predicted octanol–water partition coefficient (Wildman–Crippen LogP) is 2.43. The van der Waals surface area contributed by atoms with E-state index in [2.05, 4.69) is 20.6 Å². The number of aromatic nitrogens is 1. The molecule has 124 valence electrons. The minimum absolute atomic E-state index is 0.0744. The van der Waals surface area contributed by atoms with Gasteiger partial charge in [-0.25, -0.2) is 8.78 Å². The van der Waals surface area contributed by atoms with Gasteiger partial charge in [0.2, 0.25) is 11.8 Å². The molecule has 2 aromatic rings. The molecule has 0 saturated heterocycles. The van der Waals surface area contributed by atoms with Crippen molar-refractivity contribution in [3.05, 3.63) is 53.6 Å². The van der Waals surface area contributed by atoms with Crippen LogP contribution in [0, 0.1) is 11.6 Å². The first-order chi connectivity index (χ1) is 11.5. The lowest BCUT2D eigenvalue weighted by Gasteiger charge is -2.11. The van der Waals surface area contributed by atoms with Crippen molar-refractivity contribution in [1.29, 1.82) is 0 Å². The lowest BCUT2D eigenvalue weighted by atomic mass is 10.2. The number of nitrogens with one attached hydrogen (secondary N) is 2. The molecule has 1 fully saturated rings. The number of anilines is 1. The predicted molar refractivity (Wildman–Crippen MR) is 83.8 cm³/mol. The summed E-state index contributed by atoms with van der Waals surface area (Å²) in [6.45, 7) is 0. The first kappa shape index (κ1) is 15.9. The molecule has 0 unspecified atom stereocenters. The van der Waals surface area contributed by atoms with Gasteiger partial charge in [0.05, 0.1) is 0 Å². The number of guanidine groups is 1. The van der Waals surface area contributed by atoms with Gasteiger partial charge >= 0.3 is 0 Å². The maximum absolute atomic E-state index is 13.2. The smallest absolute Gasteiger partial charge is 0.280 e. The van der Waals surface area contributed by atoms with Crippen LogP contribution in [0.3, 0.4) is 0 Å². The fraction of sp³-hybridized carbons (Fsp3) is 0.188. The summed E-state index contributed by atoms with van der Waals surface area (Å²) in [4.78, 5) is 19.9. The van der Waals surface area contributed by atoms with Crippen LogP contribution in [-0.4, -0.2) is 28.0 Å². The lowest BCUT2D eigenvalue weighted by Crippen LogP contribution is -2.33. The number of hydrogen-bond donors (Lipinski definition) is 3. The van der Waals surface area contributed by atoms with Crippen LogP contribution in [0.15, 0.2) is 41.4 Å². The SMILES string of the molecule is O=C(/N=C(/Nc1cccc(O)n1)NC1CC1)c1ccc(F)c(F)c1. The molecule has 1 aromatic carbocycles. The molecule has 1 amide bonds. The summed E-state index contributed by atoms with van der Waals surface area (Å²) in [5.41, 5.74) is -0.0744. The van der Waals surface area contributed by atoms with Gasteiger partial charge in [-0.1, -0.05) is 6.07 Å². The number of nitrogens with zero attached hydrogens (tertiary/aromatic N) is 2. The van der Waals surface area contributed by atoms with E-state index in [-0.39, 0.29) is 23.4 Å².